The van der Waals surface area contributed by atoms with Gasteiger partial charge in [0.1, 0.15) is 0 Å². The lowest BCUT2D eigenvalue weighted by Gasteiger charge is -2.21. The van der Waals surface area contributed by atoms with Crippen molar-refractivity contribution in [3.63, 3.8) is 0 Å². The van der Waals surface area contributed by atoms with E-state index in [1.807, 2.05) is 11.8 Å². The van der Waals surface area contributed by atoms with Crippen LogP contribution in [0.15, 0.2) is 4.99 Å². The Balaban J connectivity index is 1.60. The molecule has 0 radical (unpaired) electrons. The first kappa shape index (κ1) is 14.2. The summed E-state index contributed by atoms with van der Waals surface area (Å²) in [5.74, 6) is 1.84. The molecule has 1 aliphatic heterocycles. The molecule has 1 atom stereocenters. The molecule has 4 heteroatoms. The molecule has 0 aromatic rings. The Bertz CT molecular complexity index is 275. The van der Waals surface area contributed by atoms with Gasteiger partial charge in [-0.3, -0.25) is 4.99 Å². The van der Waals surface area contributed by atoms with Crippen molar-refractivity contribution in [1.82, 2.24) is 5.32 Å². The van der Waals surface area contributed by atoms with E-state index in [0.717, 1.165) is 24.1 Å². The predicted molar refractivity (Wildman–Crippen MR) is 79.3 cm³/mol. The molecule has 1 saturated carbocycles. The normalized spacial score (nSPS) is 27.9. The molecule has 18 heavy (non-hydrogen) atoms. The van der Waals surface area contributed by atoms with Gasteiger partial charge in [0.05, 0.1) is 19.3 Å². The number of hydrogen-bond donors (Lipinski definition) is 1. The van der Waals surface area contributed by atoms with Gasteiger partial charge in [0.2, 0.25) is 0 Å². The monoisotopic (exact) mass is 270 g/mol. The minimum atomic E-state index is 0.506. The molecule has 1 heterocycles. The third-order valence-corrected chi connectivity index (χ3v) is 4.81. The van der Waals surface area contributed by atoms with Crippen LogP contribution < -0.4 is 5.32 Å². The van der Waals surface area contributed by atoms with E-state index in [4.69, 9.17) is 4.74 Å². The van der Waals surface area contributed by atoms with Gasteiger partial charge in [-0.05, 0) is 18.8 Å². The zero-order valence-corrected chi connectivity index (χ0v) is 12.5. The Morgan fingerprint density at radius 3 is 2.78 bits per heavy atom. The Morgan fingerprint density at radius 2 is 2.11 bits per heavy atom. The summed E-state index contributed by atoms with van der Waals surface area (Å²) in [7, 11) is 0. The van der Waals surface area contributed by atoms with Crippen molar-refractivity contribution in [2.45, 2.75) is 58.1 Å². The Kier molecular flexibility index (Phi) is 5.83. The topological polar surface area (TPSA) is 33.6 Å². The summed E-state index contributed by atoms with van der Waals surface area (Å²) in [4.78, 5) is 4.58. The first-order valence-electron chi connectivity index (χ1n) is 7.31. The Labute approximate surface area is 115 Å². The average molecular weight is 270 g/mol. The van der Waals surface area contributed by atoms with Gasteiger partial charge < -0.3 is 10.1 Å². The maximum atomic E-state index is 5.87. The molecule has 0 amide bonds. The van der Waals surface area contributed by atoms with Crippen LogP contribution in [0.1, 0.15) is 46.0 Å². The number of amidine groups is 1. The third kappa shape index (κ3) is 4.47. The summed E-state index contributed by atoms with van der Waals surface area (Å²) in [5, 5.41) is 4.60. The van der Waals surface area contributed by atoms with Gasteiger partial charge in [0.15, 0.2) is 5.17 Å². The number of rotatable bonds is 5. The van der Waals surface area contributed by atoms with E-state index in [0.29, 0.717) is 18.1 Å². The van der Waals surface area contributed by atoms with Crippen LogP contribution in [0.5, 0.6) is 0 Å². The zero-order valence-electron chi connectivity index (χ0n) is 11.7. The smallest absolute Gasteiger partial charge is 0.156 e. The minimum absolute atomic E-state index is 0.506. The summed E-state index contributed by atoms with van der Waals surface area (Å²) in [6.07, 6.45) is 7.07. The van der Waals surface area contributed by atoms with Crippen LogP contribution in [0.25, 0.3) is 0 Å². The molecule has 1 saturated heterocycles. The predicted octanol–water partition coefficient (Wildman–Crippen LogP) is 3.05. The van der Waals surface area contributed by atoms with Gasteiger partial charge in [0, 0.05) is 11.8 Å². The number of nitrogens with zero attached hydrogens (tertiary/aromatic N) is 1. The molecule has 104 valence electrons. The van der Waals surface area contributed by atoms with Gasteiger partial charge in [-0.15, -0.1) is 0 Å². The second-order valence-corrected chi connectivity index (χ2v) is 6.63. The number of hydrogen-bond acceptors (Lipinski definition) is 3. The molecule has 2 fully saturated rings. The molecule has 1 N–H and O–H groups in total. The maximum absolute atomic E-state index is 5.87. The van der Waals surface area contributed by atoms with E-state index >= 15 is 0 Å². The molecule has 2 aliphatic rings. The van der Waals surface area contributed by atoms with Gasteiger partial charge in [0.25, 0.3) is 0 Å². The number of ether oxygens (including phenoxy) is 1. The fraction of sp³-hybridized carbons (Fsp3) is 0.929. The molecular weight excluding hydrogens is 244 g/mol. The maximum Gasteiger partial charge on any atom is 0.156 e. The van der Waals surface area contributed by atoms with Crippen molar-refractivity contribution in [2.75, 3.05) is 18.9 Å². The summed E-state index contributed by atoms with van der Waals surface area (Å²) < 4.78 is 5.87. The highest BCUT2D eigenvalue weighted by Crippen LogP contribution is 2.20. The highest BCUT2D eigenvalue weighted by Gasteiger charge is 2.22. The molecule has 0 spiro atoms. The highest BCUT2D eigenvalue weighted by molar-refractivity contribution is 8.14. The number of thioether (sulfide) groups is 1. The Hall–Kier alpha value is -0.220. The van der Waals surface area contributed by atoms with Gasteiger partial charge >= 0.3 is 0 Å². The van der Waals surface area contributed by atoms with Crippen LogP contribution in [0, 0.1) is 5.92 Å². The molecule has 1 unspecified atom stereocenters. The molecule has 1 aliphatic carbocycles. The van der Waals surface area contributed by atoms with Gasteiger partial charge in [-0.25, -0.2) is 0 Å². The highest BCUT2D eigenvalue weighted by atomic mass is 32.2. The first-order chi connectivity index (χ1) is 8.75. The van der Waals surface area contributed by atoms with Crippen molar-refractivity contribution in [2.24, 2.45) is 10.9 Å². The lowest BCUT2D eigenvalue weighted by atomic mass is 9.98. The van der Waals surface area contributed by atoms with Crippen molar-refractivity contribution in [1.29, 1.82) is 0 Å². The fourth-order valence-corrected chi connectivity index (χ4v) is 3.68. The summed E-state index contributed by atoms with van der Waals surface area (Å²) in [6, 6.07) is 0.591. The quantitative estimate of drug-likeness (QED) is 0.780. The molecule has 2 rings (SSSR count). The second-order valence-electron chi connectivity index (χ2n) is 5.62. The fourth-order valence-electron chi connectivity index (χ4n) is 2.46. The van der Waals surface area contributed by atoms with Crippen LogP contribution >= 0.6 is 11.8 Å². The largest absolute Gasteiger partial charge is 0.376 e. The number of aliphatic imine (C=N–C) groups is 1. The van der Waals surface area contributed by atoms with E-state index < -0.39 is 0 Å². The van der Waals surface area contributed by atoms with E-state index in [1.165, 1.54) is 32.1 Å². The SMILES string of the molecule is CC(C)C1CSC(=NCCOC2CCCCC2)N1. The van der Waals surface area contributed by atoms with E-state index in [-0.39, 0.29) is 0 Å². The van der Waals surface area contributed by atoms with Crippen molar-refractivity contribution in [3.05, 3.63) is 0 Å². The molecule has 0 aromatic carbocycles. The average Bonchev–Trinajstić information content (AvgIpc) is 2.85. The zero-order chi connectivity index (χ0) is 12.8. The van der Waals surface area contributed by atoms with Crippen LogP contribution in [0.2, 0.25) is 0 Å². The number of nitrogens with one attached hydrogen (secondary N) is 1. The minimum Gasteiger partial charge on any atom is -0.376 e. The summed E-state index contributed by atoms with van der Waals surface area (Å²) in [6.45, 7) is 6.10. The second kappa shape index (κ2) is 7.39. The lowest BCUT2D eigenvalue weighted by molar-refractivity contribution is 0.0335. The van der Waals surface area contributed by atoms with E-state index in [9.17, 15) is 0 Å². The van der Waals surface area contributed by atoms with Crippen molar-refractivity contribution in [3.8, 4) is 0 Å². The molecular formula is C14H26N2OS. The van der Waals surface area contributed by atoms with Crippen molar-refractivity contribution < 1.29 is 4.74 Å². The molecule has 0 aromatic heterocycles. The van der Waals surface area contributed by atoms with Gasteiger partial charge in [-0.1, -0.05) is 44.9 Å². The molecule has 0 bridgehead atoms. The van der Waals surface area contributed by atoms with E-state index in [1.54, 1.807) is 0 Å². The first-order valence-corrected chi connectivity index (χ1v) is 8.29. The van der Waals surface area contributed by atoms with Gasteiger partial charge in [-0.2, -0.15) is 0 Å². The van der Waals surface area contributed by atoms with E-state index in [2.05, 4.69) is 24.2 Å². The Morgan fingerprint density at radius 1 is 1.33 bits per heavy atom. The van der Waals surface area contributed by atoms with Crippen LogP contribution in [0.4, 0.5) is 0 Å². The van der Waals surface area contributed by atoms with Crippen LogP contribution in [-0.2, 0) is 4.74 Å². The summed E-state index contributed by atoms with van der Waals surface area (Å²) in [5.41, 5.74) is 0. The third-order valence-electron chi connectivity index (χ3n) is 3.77. The summed E-state index contributed by atoms with van der Waals surface area (Å²) >= 11 is 1.85. The van der Waals surface area contributed by atoms with Crippen molar-refractivity contribution >= 4 is 16.9 Å². The van der Waals surface area contributed by atoms with Crippen LogP contribution in [0.3, 0.4) is 0 Å². The van der Waals surface area contributed by atoms with Crippen LogP contribution in [-0.4, -0.2) is 36.2 Å². The lowest BCUT2D eigenvalue weighted by Crippen LogP contribution is -2.31. The standard InChI is InChI=1S/C14H26N2OS/c1-11(2)13-10-18-14(16-13)15-8-9-17-12-6-4-3-5-7-12/h11-13H,3-10H2,1-2H3,(H,15,16). The molecule has 3 nitrogen and oxygen atoms in total.